The minimum Gasteiger partial charge on any atom is -0.391 e. The smallest absolute Gasteiger partial charge is 0.237 e. The summed E-state index contributed by atoms with van der Waals surface area (Å²) in [6.45, 7) is 4.34. The second-order valence-electron chi connectivity index (χ2n) is 7.58. The molecule has 0 aromatic carbocycles. The van der Waals surface area contributed by atoms with Gasteiger partial charge in [0.2, 0.25) is 5.91 Å². The molecule has 0 aromatic heterocycles. The van der Waals surface area contributed by atoms with Crippen molar-refractivity contribution in [3.8, 4) is 0 Å². The monoisotopic (exact) mass is 376 g/mol. The lowest BCUT2D eigenvalue weighted by Crippen LogP contribution is -2.66. The summed E-state index contributed by atoms with van der Waals surface area (Å²) in [5, 5.41) is 52.1. The van der Waals surface area contributed by atoms with Crippen LogP contribution in [-0.4, -0.2) is 98.8 Å². The van der Waals surface area contributed by atoms with Crippen LogP contribution in [0.4, 0.5) is 0 Å². The second-order valence-corrected chi connectivity index (χ2v) is 7.58. The zero-order chi connectivity index (χ0) is 19.6. The van der Waals surface area contributed by atoms with E-state index in [0.717, 1.165) is 19.4 Å². The van der Waals surface area contributed by atoms with Crippen molar-refractivity contribution in [2.24, 2.45) is 5.92 Å². The van der Waals surface area contributed by atoms with Crippen LogP contribution in [0.15, 0.2) is 0 Å². The van der Waals surface area contributed by atoms with Crippen LogP contribution >= 0.6 is 0 Å². The Morgan fingerprint density at radius 1 is 1.23 bits per heavy atom. The summed E-state index contributed by atoms with van der Waals surface area (Å²) in [5.41, 5.74) is 0. The Bertz CT molecular complexity index is 478. The highest BCUT2D eigenvalue weighted by atomic mass is 16.6. The molecule has 2 rings (SSSR count). The van der Waals surface area contributed by atoms with E-state index in [1.165, 1.54) is 6.92 Å². The maximum Gasteiger partial charge on any atom is 0.237 e. The van der Waals surface area contributed by atoms with E-state index in [9.17, 15) is 30.3 Å². The molecular weight excluding hydrogens is 344 g/mol. The summed E-state index contributed by atoms with van der Waals surface area (Å²) >= 11 is 0. The Morgan fingerprint density at radius 3 is 2.46 bits per heavy atom. The van der Waals surface area contributed by atoms with Crippen molar-refractivity contribution < 1.29 is 35.1 Å². The first kappa shape index (κ1) is 21.5. The molecule has 2 heterocycles. The van der Waals surface area contributed by atoms with Crippen LogP contribution in [0, 0.1) is 5.92 Å². The maximum atomic E-state index is 12.7. The summed E-state index contributed by atoms with van der Waals surface area (Å²) in [6.07, 6.45) is -6.18. The van der Waals surface area contributed by atoms with E-state index < -0.39 is 42.9 Å². The summed E-state index contributed by atoms with van der Waals surface area (Å²) in [5.74, 6) is 0.129. The number of aliphatic hydroxyl groups is 5. The minimum atomic E-state index is -1.72. The van der Waals surface area contributed by atoms with Gasteiger partial charge in [-0.15, -0.1) is 0 Å². The third-order valence-corrected chi connectivity index (χ3v) is 5.44. The van der Waals surface area contributed by atoms with Crippen molar-refractivity contribution >= 4 is 5.91 Å². The third kappa shape index (κ3) is 4.53. The predicted molar refractivity (Wildman–Crippen MR) is 91.9 cm³/mol. The standard InChI is InChI=1S/C17H32N2O7/c1-4-5-9-6-10(19(3)7-9)16(24)18-11(8(2)20)15-13(22)12(21)14(23)17(25)26-15/h8-15,17,20-23,25H,4-7H2,1-3H3,(H,18,24). The molecule has 9 nitrogen and oxygen atoms in total. The molecule has 9 unspecified atom stereocenters. The minimum absolute atomic E-state index is 0.303. The molecule has 2 fully saturated rings. The largest absolute Gasteiger partial charge is 0.391 e. The van der Waals surface area contributed by atoms with E-state index in [1.807, 2.05) is 11.9 Å². The summed E-state index contributed by atoms with van der Waals surface area (Å²) in [6, 6.07) is -1.40. The average Bonchev–Trinajstić information content (AvgIpc) is 2.95. The van der Waals surface area contributed by atoms with Gasteiger partial charge < -0.3 is 35.6 Å². The topological polar surface area (TPSA) is 143 Å². The number of likely N-dealkylation sites (N-methyl/N-ethyl adjacent to an activating group) is 1. The predicted octanol–water partition coefficient (Wildman–Crippen LogP) is -2.23. The van der Waals surface area contributed by atoms with Crippen molar-refractivity contribution in [2.75, 3.05) is 13.6 Å². The van der Waals surface area contributed by atoms with Crippen LogP contribution in [-0.2, 0) is 9.53 Å². The maximum absolute atomic E-state index is 12.7. The van der Waals surface area contributed by atoms with Crippen LogP contribution in [0.2, 0.25) is 0 Å². The SMILES string of the molecule is CCCC1CC(C(=O)NC(C(C)O)C2OC(O)C(O)C(O)C2O)N(C)C1. The van der Waals surface area contributed by atoms with Crippen molar-refractivity contribution in [3.05, 3.63) is 0 Å². The Kier molecular flexibility index (Phi) is 7.37. The lowest BCUT2D eigenvalue weighted by atomic mass is 9.91. The van der Waals surface area contributed by atoms with Gasteiger partial charge >= 0.3 is 0 Å². The fourth-order valence-electron chi connectivity index (χ4n) is 3.95. The number of hydrogen-bond acceptors (Lipinski definition) is 8. The van der Waals surface area contributed by atoms with Gasteiger partial charge in [-0.1, -0.05) is 13.3 Å². The molecule has 9 atom stereocenters. The number of likely N-dealkylation sites (tertiary alicyclic amines) is 1. The van der Waals surface area contributed by atoms with E-state index in [-0.39, 0.29) is 11.9 Å². The molecular formula is C17H32N2O7. The molecule has 1 amide bonds. The first-order valence-electron chi connectivity index (χ1n) is 9.23. The van der Waals surface area contributed by atoms with Gasteiger partial charge in [-0.3, -0.25) is 9.69 Å². The molecule has 2 saturated heterocycles. The van der Waals surface area contributed by atoms with Crippen molar-refractivity contribution in [1.82, 2.24) is 10.2 Å². The highest BCUT2D eigenvalue weighted by molar-refractivity contribution is 5.82. The summed E-state index contributed by atoms with van der Waals surface area (Å²) in [4.78, 5) is 14.7. The van der Waals surface area contributed by atoms with Crippen LogP contribution in [0.3, 0.4) is 0 Å². The number of amides is 1. The van der Waals surface area contributed by atoms with E-state index in [2.05, 4.69) is 12.2 Å². The summed E-state index contributed by atoms with van der Waals surface area (Å²) in [7, 11) is 1.87. The van der Waals surface area contributed by atoms with Crippen LogP contribution < -0.4 is 5.32 Å². The molecule has 0 saturated carbocycles. The molecule has 0 spiro atoms. The first-order chi connectivity index (χ1) is 12.2. The van der Waals surface area contributed by atoms with Crippen molar-refractivity contribution in [3.63, 3.8) is 0 Å². The van der Waals surface area contributed by atoms with Gasteiger partial charge in [0.1, 0.15) is 24.4 Å². The van der Waals surface area contributed by atoms with Gasteiger partial charge in [0.05, 0.1) is 18.2 Å². The molecule has 0 aromatic rings. The molecule has 9 heteroatoms. The van der Waals surface area contributed by atoms with Crippen molar-refractivity contribution in [2.45, 2.75) is 82.0 Å². The zero-order valence-electron chi connectivity index (χ0n) is 15.5. The highest BCUT2D eigenvalue weighted by Gasteiger charge is 2.48. The molecule has 6 N–H and O–H groups in total. The number of rotatable bonds is 6. The van der Waals surface area contributed by atoms with Crippen LogP contribution in [0.1, 0.15) is 33.1 Å². The summed E-state index contributed by atoms with van der Waals surface area (Å²) < 4.78 is 5.16. The van der Waals surface area contributed by atoms with Gasteiger partial charge in [-0.05, 0) is 32.7 Å². The van der Waals surface area contributed by atoms with Gasteiger partial charge in [0.25, 0.3) is 0 Å². The number of aliphatic hydroxyl groups excluding tert-OH is 5. The molecule has 26 heavy (non-hydrogen) atoms. The zero-order valence-corrected chi connectivity index (χ0v) is 15.5. The number of carbonyl (C=O) groups excluding carboxylic acids is 1. The second kappa shape index (κ2) is 8.92. The lowest BCUT2D eigenvalue weighted by Gasteiger charge is -2.42. The highest BCUT2D eigenvalue weighted by Crippen LogP contribution is 2.27. The Balaban J connectivity index is 2.07. The normalized spacial score (nSPS) is 41.0. The number of nitrogens with one attached hydrogen (secondary N) is 1. The number of ether oxygens (including phenoxy) is 1. The van der Waals surface area contributed by atoms with Gasteiger partial charge in [0, 0.05) is 6.54 Å². The fourth-order valence-corrected chi connectivity index (χ4v) is 3.95. The Labute approximate surface area is 153 Å². The quantitative estimate of drug-likeness (QED) is 0.306. The van der Waals surface area contributed by atoms with E-state index in [1.54, 1.807) is 0 Å². The molecule has 2 aliphatic rings. The lowest BCUT2D eigenvalue weighted by molar-refractivity contribution is -0.289. The average molecular weight is 376 g/mol. The molecule has 2 aliphatic heterocycles. The Hall–Kier alpha value is -0.810. The molecule has 0 aliphatic carbocycles. The Morgan fingerprint density at radius 2 is 1.88 bits per heavy atom. The molecule has 152 valence electrons. The fraction of sp³-hybridized carbons (Fsp3) is 0.941. The first-order valence-corrected chi connectivity index (χ1v) is 9.23. The van der Waals surface area contributed by atoms with Crippen LogP contribution in [0.25, 0.3) is 0 Å². The van der Waals surface area contributed by atoms with Gasteiger partial charge in [-0.2, -0.15) is 0 Å². The number of nitrogens with zero attached hydrogens (tertiary/aromatic N) is 1. The van der Waals surface area contributed by atoms with E-state index in [4.69, 9.17) is 4.74 Å². The number of hydrogen-bond donors (Lipinski definition) is 6. The molecule has 0 radical (unpaired) electrons. The van der Waals surface area contributed by atoms with Gasteiger partial charge in [0.15, 0.2) is 6.29 Å². The number of carbonyl (C=O) groups is 1. The van der Waals surface area contributed by atoms with E-state index in [0.29, 0.717) is 12.3 Å². The third-order valence-electron chi connectivity index (χ3n) is 5.44. The molecule has 0 bridgehead atoms. The van der Waals surface area contributed by atoms with Crippen LogP contribution in [0.5, 0.6) is 0 Å². The van der Waals surface area contributed by atoms with Crippen molar-refractivity contribution in [1.29, 1.82) is 0 Å². The van der Waals surface area contributed by atoms with E-state index >= 15 is 0 Å². The van der Waals surface area contributed by atoms with Gasteiger partial charge in [-0.25, -0.2) is 0 Å².